The highest BCUT2D eigenvalue weighted by Gasteiger charge is 2.24. The van der Waals surface area contributed by atoms with Gasteiger partial charge in [0, 0.05) is 0 Å². The summed E-state index contributed by atoms with van der Waals surface area (Å²) in [6, 6.07) is 5.93. The lowest BCUT2D eigenvalue weighted by Crippen LogP contribution is -2.30. The Labute approximate surface area is 73.4 Å². The molecule has 0 aromatic rings. The molecular weight excluding hydrogens is 148 g/mol. The molecule has 0 rings (SSSR count). The van der Waals surface area contributed by atoms with Crippen LogP contribution in [0.15, 0.2) is 0 Å². The highest BCUT2D eigenvalue weighted by molar-refractivity contribution is 6.79. The smallest absolute Gasteiger partial charge is 0.0527 e. The normalized spacial score (nSPS) is 12.0. The molecule has 0 amide bonds. The van der Waals surface area contributed by atoms with Crippen LogP contribution in [-0.4, -0.2) is 8.07 Å². The Morgan fingerprint density at radius 3 is 1.73 bits per heavy atom. The molecular formula is C10H23Si. The fraction of sp³-hybridized carbons (Fsp3) is 0.900. The minimum atomic E-state index is -0.778. The summed E-state index contributed by atoms with van der Waals surface area (Å²) in [5.74, 6) is 0. The number of rotatable bonds is 6. The third kappa shape index (κ3) is 3.41. The summed E-state index contributed by atoms with van der Waals surface area (Å²) in [5.41, 5.74) is 0. The van der Waals surface area contributed by atoms with Gasteiger partial charge in [-0.3, -0.25) is 0 Å². The van der Waals surface area contributed by atoms with Crippen molar-refractivity contribution in [2.75, 3.05) is 0 Å². The van der Waals surface area contributed by atoms with Crippen LogP contribution >= 0.6 is 0 Å². The Hall–Kier alpha value is 0.217. The van der Waals surface area contributed by atoms with Crippen LogP contribution in [-0.2, 0) is 0 Å². The van der Waals surface area contributed by atoms with Crippen molar-refractivity contribution in [3.8, 4) is 0 Å². The molecule has 0 aliphatic carbocycles. The SMILES string of the molecule is [CH2]CCC[Si](CC)(CC)CC. The van der Waals surface area contributed by atoms with E-state index < -0.39 is 8.07 Å². The first-order chi connectivity index (χ1) is 5.24. The molecule has 0 saturated carbocycles. The maximum absolute atomic E-state index is 3.91. The Morgan fingerprint density at radius 2 is 1.45 bits per heavy atom. The zero-order chi connectivity index (χ0) is 8.74. The molecule has 0 unspecified atom stereocenters. The molecule has 0 aliphatic heterocycles. The van der Waals surface area contributed by atoms with Crippen LogP contribution < -0.4 is 0 Å². The fourth-order valence-corrected chi connectivity index (χ4v) is 5.34. The molecule has 1 heteroatoms. The first-order valence-corrected chi connectivity index (χ1v) is 7.86. The average Bonchev–Trinajstić information content (AvgIpc) is 2.08. The van der Waals surface area contributed by atoms with E-state index in [4.69, 9.17) is 0 Å². The molecule has 0 spiro atoms. The third-order valence-corrected chi connectivity index (χ3v) is 9.12. The molecule has 0 saturated heterocycles. The van der Waals surface area contributed by atoms with Crippen LogP contribution in [0.25, 0.3) is 0 Å². The van der Waals surface area contributed by atoms with Crippen LogP contribution in [0.2, 0.25) is 24.2 Å². The molecule has 11 heavy (non-hydrogen) atoms. The summed E-state index contributed by atoms with van der Waals surface area (Å²) in [6.45, 7) is 11.0. The molecule has 0 aliphatic rings. The Morgan fingerprint density at radius 1 is 1.00 bits per heavy atom. The second-order valence-corrected chi connectivity index (χ2v) is 9.14. The van der Waals surface area contributed by atoms with Crippen LogP contribution in [0.4, 0.5) is 0 Å². The van der Waals surface area contributed by atoms with Crippen LogP contribution in [0.1, 0.15) is 33.6 Å². The van der Waals surface area contributed by atoms with Gasteiger partial charge in [0.15, 0.2) is 0 Å². The summed E-state index contributed by atoms with van der Waals surface area (Å²) < 4.78 is 0. The minimum Gasteiger partial charge on any atom is -0.0678 e. The van der Waals surface area contributed by atoms with E-state index in [2.05, 4.69) is 27.7 Å². The molecule has 0 atom stereocenters. The van der Waals surface area contributed by atoms with Crippen molar-refractivity contribution >= 4 is 8.07 Å². The largest absolute Gasteiger partial charge is 0.0678 e. The first kappa shape index (κ1) is 11.2. The molecule has 0 N–H and O–H groups in total. The number of hydrogen-bond acceptors (Lipinski definition) is 0. The molecule has 0 aromatic carbocycles. The van der Waals surface area contributed by atoms with Crippen LogP contribution in [0, 0.1) is 6.92 Å². The van der Waals surface area contributed by atoms with Gasteiger partial charge in [-0.05, 0) is 0 Å². The summed E-state index contributed by atoms with van der Waals surface area (Å²) >= 11 is 0. The molecule has 0 bridgehead atoms. The van der Waals surface area contributed by atoms with E-state index >= 15 is 0 Å². The Balaban J connectivity index is 3.84. The van der Waals surface area contributed by atoms with Crippen molar-refractivity contribution in [2.24, 2.45) is 0 Å². The molecule has 67 valence electrons. The van der Waals surface area contributed by atoms with E-state index in [1.54, 1.807) is 0 Å². The third-order valence-electron chi connectivity index (χ3n) is 3.21. The van der Waals surface area contributed by atoms with Gasteiger partial charge >= 0.3 is 0 Å². The first-order valence-electron chi connectivity index (χ1n) is 5.04. The maximum Gasteiger partial charge on any atom is 0.0527 e. The van der Waals surface area contributed by atoms with Crippen molar-refractivity contribution in [3.63, 3.8) is 0 Å². The predicted octanol–water partition coefficient (Wildman–Crippen LogP) is 4.11. The molecule has 0 aromatic heterocycles. The zero-order valence-electron chi connectivity index (χ0n) is 8.45. The lowest BCUT2D eigenvalue weighted by atomic mass is 10.4. The molecule has 0 fully saturated rings. The van der Waals surface area contributed by atoms with Gasteiger partial charge in [-0.15, -0.1) is 0 Å². The summed E-state index contributed by atoms with van der Waals surface area (Å²) in [5, 5.41) is 0. The van der Waals surface area contributed by atoms with E-state index in [0.717, 1.165) is 6.42 Å². The van der Waals surface area contributed by atoms with Gasteiger partial charge in [0.25, 0.3) is 0 Å². The average molecular weight is 171 g/mol. The lowest BCUT2D eigenvalue weighted by molar-refractivity contribution is 0.906. The van der Waals surface area contributed by atoms with Gasteiger partial charge in [-0.1, -0.05) is 64.7 Å². The quantitative estimate of drug-likeness (QED) is 0.528. The van der Waals surface area contributed by atoms with Gasteiger partial charge in [0.05, 0.1) is 8.07 Å². The van der Waals surface area contributed by atoms with Crippen LogP contribution in [0.3, 0.4) is 0 Å². The van der Waals surface area contributed by atoms with E-state index in [9.17, 15) is 0 Å². The molecule has 1 radical (unpaired) electrons. The zero-order valence-corrected chi connectivity index (χ0v) is 9.45. The summed E-state index contributed by atoms with van der Waals surface area (Å²) in [7, 11) is -0.778. The summed E-state index contributed by atoms with van der Waals surface area (Å²) in [6.07, 6.45) is 2.50. The number of hydrogen-bond donors (Lipinski definition) is 0. The van der Waals surface area contributed by atoms with Gasteiger partial charge in [-0.2, -0.15) is 0 Å². The fourth-order valence-electron chi connectivity index (χ4n) is 1.78. The minimum absolute atomic E-state index is 0.778. The van der Waals surface area contributed by atoms with E-state index in [1.165, 1.54) is 30.6 Å². The molecule has 0 heterocycles. The highest BCUT2D eigenvalue weighted by atomic mass is 28.3. The highest BCUT2D eigenvalue weighted by Crippen LogP contribution is 2.26. The topological polar surface area (TPSA) is 0 Å². The van der Waals surface area contributed by atoms with Gasteiger partial charge in [0.2, 0.25) is 0 Å². The standard InChI is InChI=1S/C10H23Si/c1-5-9-10-11(6-2,7-3)8-4/h1,5-10H2,2-4H3. The molecule has 0 nitrogen and oxygen atoms in total. The second-order valence-electron chi connectivity index (χ2n) is 3.52. The Kier molecular flexibility index (Phi) is 5.93. The van der Waals surface area contributed by atoms with Crippen molar-refractivity contribution in [2.45, 2.75) is 57.8 Å². The monoisotopic (exact) mass is 171 g/mol. The van der Waals surface area contributed by atoms with Gasteiger partial charge < -0.3 is 0 Å². The van der Waals surface area contributed by atoms with Crippen molar-refractivity contribution in [1.29, 1.82) is 0 Å². The Bertz CT molecular complexity index is 76.6. The van der Waals surface area contributed by atoms with Gasteiger partial charge in [-0.25, -0.2) is 0 Å². The van der Waals surface area contributed by atoms with Gasteiger partial charge in [0.1, 0.15) is 0 Å². The van der Waals surface area contributed by atoms with Crippen molar-refractivity contribution < 1.29 is 0 Å². The maximum atomic E-state index is 3.91. The van der Waals surface area contributed by atoms with Crippen LogP contribution in [0.5, 0.6) is 0 Å². The van der Waals surface area contributed by atoms with E-state index in [-0.39, 0.29) is 0 Å². The summed E-state index contributed by atoms with van der Waals surface area (Å²) in [4.78, 5) is 0. The number of unbranched alkanes of at least 4 members (excludes halogenated alkanes) is 1. The van der Waals surface area contributed by atoms with E-state index in [0.29, 0.717) is 0 Å². The lowest BCUT2D eigenvalue weighted by Gasteiger charge is -2.27. The van der Waals surface area contributed by atoms with Crippen molar-refractivity contribution in [1.82, 2.24) is 0 Å². The van der Waals surface area contributed by atoms with E-state index in [1.807, 2.05) is 0 Å². The van der Waals surface area contributed by atoms with Crippen molar-refractivity contribution in [3.05, 3.63) is 6.92 Å². The second kappa shape index (κ2) is 5.82. The predicted molar refractivity (Wildman–Crippen MR) is 56.6 cm³/mol.